The van der Waals surface area contributed by atoms with E-state index >= 15 is 0 Å². The molecule has 0 bridgehead atoms. The van der Waals surface area contributed by atoms with Gasteiger partial charge < -0.3 is 0 Å². The van der Waals surface area contributed by atoms with Crippen LogP contribution in [0.15, 0.2) is 44.0 Å². The van der Waals surface area contributed by atoms with E-state index in [0.29, 0.717) is 6.42 Å². The lowest BCUT2D eigenvalue weighted by Gasteiger charge is -2.01. The molecule has 2 rings (SSSR count). The Kier molecular flexibility index (Phi) is 3.95. The van der Waals surface area contributed by atoms with Crippen molar-refractivity contribution in [2.45, 2.75) is 6.42 Å². The average Bonchev–Trinajstić information content (AvgIpc) is 2.64. The predicted molar refractivity (Wildman–Crippen MR) is 74.2 cm³/mol. The van der Waals surface area contributed by atoms with Gasteiger partial charge in [-0.2, -0.15) is 11.3 Å². The molecule has 0 aliphatic heterocycles. The summed E-state index contributed by atoms with van der Waals surface area (Å²) in [6.07, 6.45) is 0.439. The summed E-state index contributed by atoms with van der Waals surface area (Å²) in [6, 6.07) is 7.82. The van der Waals surface area contributed by atoms with E-state index in [-0.39, 0.29) is 5.78 Å². The summed E-state index contributed by atoms with van der Waals surface area (Å²) in [4.78, 5) is 12.0. The molecule has 0 unspecified atom stereocenters. The molecular formula is C12H8Br2OS. The summed E-state index contributed by atoms with van der Waals surface area (Å²) < 4.78 is 1.89. The lowest BCUT2D eigenvalue weighted by atomic mass is 10.1. The average molecular weight is 360 g/mol. The molecule has 1 heterocycles. The van der Waals surface area contributed by atoms with Crippen molar-refractivity contribution in [3.05, 3.63) is 55.1 Å². The van der Waals surface area contributed by atoms with E-state index in [2.05, 4.69) is 31.9 Å². The maximum atomic E-state index is 12.0. The highest BCUT2D eigenvalue weighted by atomic mass is 79.9. The first-order valence-electron chi connectivity index (χ1n) is 4.66. The van der Waals surface area contributed by atoms with Gasteiger partial charge in [0.25, 0.3) is 0 Å². The number of hydrogen-bond donors (Lipinski definition) is 0. The topological polar surface area (TPSA) is 17.1 Å². The van der Waals surface area contributed by atoms with Gasteiger partial charge in [0.05, 0.1) is 0 Å². The number of Topliss-reactive ketones (excluding diaryl/α,β-unsaturated/α-hetero) is 1. The van der Waals surface area contributed by atoms with Crippen molar-refractivity contribution in [1.82, 2.24) is 0 Å². The van der Waals surface area contributed by atoms with Crippen molar-refractivity contribution < 1.29 is 4.79 Å². The zero-order valence-corrected chi connectivity index (χ0v) is 12.2. The van der Waals surface area contributed by atoms with E-state index in [4.69, 9.17) is 0 Å². The first kappa shape index (κ1) is 12.0. The van der Waals surface area contributed by atoms with Crippen LogP contribution in [0.4, 0.5) is 0 Å². The highest BCUT2D eigenvalue weighted by Crippen LogP contribution is 2.23. The Hall–Kier alpha value is -0.450. The maximum absolute atomic E-state index is 12.0. The molecular weight excluding hydrogens is 352 g/mol. The summed E-state index contributed by atoms with van der Waals surface area (Å²) >= 11 is 8.30. The second kappa shape index (κ2) is 5.25. The number of carbonyl (C=O) groups excluding carboxylic acids is 1. The van der Waals surface area contributed by atoms with Crippen LogP contribution in [0.2, 0.25) is 0 Å². The second-order valence-corrected chi connectivity index (χ2v) is 5.88. The number of hydrogen-bond acceptors (Lipinski definition) is 2. The molecule has 1 aromatic carbocycles. The number of thiophene rings is 1. The van der Waals surface area contributed by atoms with Crippen molar-refractivity contribution in [2.75, 3.05) is 0 Å². The van der Waals surface area contributed by atoms with Gasteiger partial charge in [0.1, 0.15) is 0 Å². The molecule has 2 aromatic rings. The van der Waals surface area contributed by atoms with Crippen LogP contribution in [0.1, 0.15) is 15.9 Å². The number of rotatable bonds is 3. The molecule has 0 fully saturated rings. The Bertz CT molecular complexity index is 519. The van der Waals surface area contributed by atoms with Crippen LogP contribution in [-0.4, -0.2) is 5.78 Å². The lowest BCUT2D eigenvalue weighted by Crippen LogP contribution is -2.02. The van der Waals surface area contributed by atoms with E-state index < -0.39 is 0 Å². The number of carbonyl (C=O) groups is 1. The fraction of sp³-hybridized carbons (Fsp3) is 0.0833. The molecule has 4 heteroatoms. The molecule has 0 saturated heterocycles. The van der Waals surface area contributed by atoms with Gasteiger partial charge in [-0.25, -0.2) is 0 Å². The summed E-state index contributed by atoms with van der Waals surface area (Å²) in [5.74, 6) is 0.145. The summed E-state index contributed by atoms with van der Waals surface area (Å²) in [5, 5.41) is 3.80. The summed E-state index contributed by atoms with van der Waals surface area (Å²) in [7, 11) is 0. The van der Waals surface area contributed by atoms with E-state index in [1.807, 2.05) is 35.0 Å². The van der Waals surface area contributed by atoms with Gasteiger partial charge in [0.15, 0.2) is 5.78 Å². The fourth-order valence-corrected chi connectivity index (χ4v) is 3.37. The molecule has 1 aromatic heterocycles. The Morgan fingerprint density at radius 3 is 2.69 bits per heavy atom. The minimum Gasteiger partial charge on any atom is -0.294 e. The van der Waals surface area contributed by atoms with Crippen LogP contribution in [0, 0.1) is 0 Å². The van der Waals surface area contributed by atoms with Crippen molar-refractivity contribution in [3.8, 4) is 0 Å². The minimum atomic E-state index is 0.145. The monoisotopic (exact) mass is 358 g/mol. The minimum absolute atomic E-state index is 0.145. The predicted octanol–water partition coefficient (Wildman–Crippen LogP) is 4.70. The third-order valence-corrected chi connectivity index (χ3v) is 4.36. The van der Waals surface area contributed by atoms with E-state index in [0.717, 1.165) is 20.1 Å². The molecule has 1 nitrogen and oxygen atoms in total. The van der Waals surface area contributed by atoms with Gasteiger partial charge >= 0.3 is 0 Å². The van der Waals surface area contributed by atoms with Gasteiger partial charge in [-0.1, -0.05) is 28.1 Å². The third kappa shape index (κ3) is 2.81. The van der Waals surface area contributed by atoms with Crippen LogP contribution in [0.5, 0.6) is 0 Å². The Labute approximate surface area is 115 Å². The van der Waals surface area contributed by atoms with Crippen molar-refractivity contribution in [3.63, 3.8) is 0 Å². The zero-order valence-electron chi connectivity index (χ0n) is 8.24. The smallest absolute Gasteiger partial charge is 0.169 e. The van der Waals surface area contributed by atoms with Crippen LogP contribution in [0.25, 0.3) is 0 Å². The van der Waals surface area contributed by atoms with Gasteiger partial charge in [-0.3, -0.25) is 4.79 Å². The van der Waals surface area contributed by atoms with Gasteiger partial charge in [-0.15, -0.1) is 0 Å². The van der Waals surface area contributed by atoms with Crippen molar-refractivity contribution >= 4 is 49.0 Å². The van der Waals surface area contributed by atoms with Gasteiger partial charge in [0.2, 0.25) is 0 Å². The van der Waals surface area contributed by atoms with Gasteiger partial charge in [0, 0.05) is 31.7 Å². The van der Waals surface area contributed by atoms with Crippen molar-refractivity contribution in [1.29, 1.82) is 0 Å². The number of benzene rings is 1. The standard InChI is InChI=1S/C12H8Br2OS/c13-9-3-1-2-8(4-9)5-12(15)10-6-16-7-11(10)14/h1-4,6-7H,5H2. The first-order chi connectivity index (χ1) is 7.66. The number of ketones is 1. The van der Waals surface area contributed by atoms with Crippen LogP contribution < -0.4 is 0 Å². The SMILES string of the molecule is O=C(Cc1cccc(Br)c1)c1cscc1Br. The largest absolute Gasteiger partial charge is 0.294 e. The number of halogens is 2. The van der Waals surface area contributed by atoms with E-state index in [1.165, 1.54) is 11.3 Å². The third-order valence-electron chi connectivity index (χ3n) is 2.17. The lowest BCUT2D eigenvalue weighted by molar-refractivity contribution is 0.0992. The molecule has 0 radical (unpaired) electrons. The summed E-state index contributed by atoms with van der Waals surface area (Å²) in [6.45, 7) is 0. The normalized spacial score (nSPS) is 10.4. The Balaban J connectivity index is 2.17. The molecule has 82 valence electrons. The maximum Gasteiger partial charge on any atom is 0.169 e. The van der Waals surface area contributed by atoms with E-state index in [1.54, 1.807) is 0 Å². The highest BCUT2D eigenvalue weighted by Gasteiger charge is 2.11. The fourth-order valence-electron chi connectivity index (χ4n) is 1.41. The van der Waals surface area contributed by atoms with Crippen LogP contribution in [-0.2, 0) is 6.42 Å². The molecule has 0 saturated carbocycles. The van der Waals surface area contributed by atoms with Crippen LogP contribution in [0.3, 0.4) is 0 Å². The zero-order chi connectivity index (χ0) is 11.5. The molecule has 0 amide bonds. The molecule has 0 aliphatic carbocycles. The Morgan fingerprint density at radius 2 is 2.06 bits per heavy atom. The molecule has 0 spiro atoms. The highest BCUT2D eigenvalue weighted by molar-refractivity contribution is 9.10. The van der Waals surface area contributed by atoms with Crippen LogP contribution >= 0.6 is 43.2 Å². The first-order valence-corrected chi connectivity index (χ1v) is 7.19. The molecule has 16 heavy (non-hydrogen) atoms. The van der Waals surface area contributed by atoms with E-state index in [9.17, 15) is 4.79 Å². The quantitative estimate of drug-likeness (QED) is 0.726. The molecule has 0 atom stereocenters. The Morgan fingerprint density at radius 1 is 1.25 bits per heavy atom. The van der Waals surface area contributed by atoms with Crippen molar-refractivity contribution in [2.24, 2.45) is 0 Å². The summed E-state index contributed by atoms with van der Waals surface area (Å²) in [5.41, 5.74) is 1.79. The van der Waals surface area contributed by atoms with Gasteiger partial charge in [-0.05, 0) is 33.6 Å². The molecule has 0 aliphatic rings. The second-order valence-electron chi connectivity index (χ2n) is 3.36. The molecule has 0 N–H and O–H groups in total.